The van der Waals surface area contributed by atoms with Crippen molar-refractivity contribution in [2.75, 3.05) is 0 Å². The number of furan rings is 2. The van der Waals surface area contributed by atoms with Crippen LogP contribution in [-0.4, -0.2) is 29.9 Å². The van der Waals surface area contributed by atoms with Crippen molar-refractivity contribution in [3.63, 3.8) is 0 Å². The van der Waals surface area contributed by atoms with E-state index < -0.39 is 0 Å². The van der Waals surface area contributed by atoms with Gasteiger partial charge in [-0.15, -0.1) is 0 Å². The summed E-state index contributed by atoms with van der Waals surface area (Å²) >= 11 is 0. The number of nitrogens with zero attached hydrogens (tertiary/aromatic N) is 6. The topological polar surface area (TPSA) is 104 Å². The molecule has 0 radical (unpaired) electrons. The summed E-state index contributed by atoms with van der Waals surface area (Å²) < 4.78 is 13.0. The van der Waals surface area contributed by atoms with Crippen LogP contribution in [0.15, 0.2) is 179 Å². The molecule has 11 rings (SSSR count). The summed E-state index contributed by atoms with van der Waals surface area (Å²) in [5.41, 5.74) is 16.2. The zero-order chi connectivity index (χ0) is 37.0. The summed E-state index contributed by atoms with van der Waals surface area (Å²) in [7, 11) is 0. The number of benzene rings is 3. The lowest BCUT2D eigenvalue weighted by Gasteiger charge is -2.06. The third kappa shape index (κ3) is 5.39. The Bertz CT molecular complexity index is 3030. The lowest BCUT2D eigenvalue weighted by molar-refractivity contribution is 0.669. The minimum Gasteiger partial charge on any atom is -0.454 e. The van der Waals surface area contributed by atoms with Gasteiger partial charge in [-0.25, -0.2) is 0 Å². The molecule has 0 aliphatic carbocycles. The summed E-state index contributed by atoms with van der Waals surface area (Å²) in [5.74, 6) is 0. The Morgan fingerprint density at radius 3 is 1.16 bits per heavy atom. The van der Waals surface area contributed by atoms with Gasteiger partial charge in [0, 0.05) is 59.1 Å². The number of fused-ring (bicyclic) bond motifs is 6. The van der Waals surface area contributed by atoms with Gasteiger partial charge in [-0.2, -0.15) is 0 Å². The molecule has 8 aromatic heterocycles. The first kappa shape index (κ1) is 31.7. The average Bonchev–Trinajstić information content (AvgIpc) is 3.85. The monoisotopic (exact) mass is 720 g/mol. The Balaban J connectivity index is 0.927. The molecule has 0 spiro atoms. The van der Waals surface area contributed by atoms with E-state index in [1.165, 1.54) is 0 Å². The van der Waals surface area contributed by atoms with Crippen LogP contribution in [0.25, 0.3) is 111 Å². The summed E-state index contributed by atoms with van der Waals surface area (Å²) in [6.07, 6.45) is 10.9. The van der Waals surface area contributed by atoms with E-state index >= 15 is 0 Å². The number of aromatic nitrogens is 6. The highest BCUT2D eigenvalue weighted by Crippen LogP contribution is 2.40. The highest BCUT2D eigenvalue weighted by Gasteiger charge is 2.18. The highest BCUT2D eigenvalue weighted by molar-refractivity contribution is 6.10. The molecular formula is C48H28N6O2. The number of pyridine rings is 6. The first-order valence-corrected chi connectivity index (χ1v) is 18.2. The van der Waals surface area contributed by atoms with Crippen molar-refractivity contribution in [2.24, 2.45) is 0 Å². The van der Waals surface area contributed by atoms with Crippen molar-refractivity contribution in [1.82, 2.24) is 29.9 Å². The molecule has 0 bridgehead atoms. The Morgan fingerprint density at radius 2 is 0.714 bits per heavy atom. The summed E-state index contributed by atoms with van der Waals surface area (Å²) in [6, 6.07) is 44.8. The normalized spacial score (nSPS) is 11.6. The van der Waals surface area contributed by atoms with E-state index in [1.807, 2.05) is 97.6 Å². The van der Waals surface area contributed by atoms with E-state index in [-0.39, 0.29) is 0 Å². The minimum absolute atomic E-state index is 0.747. The maximum absolute atomic E-state index is 6.48. The standard InChI is InChI=1S/C48H28N6O2/c1-3-19-49-39(5-1)41-27-33(15-21-51-41)31-11-13-43-37(25-31)45-47(55-43)35(17-23-53-45)29-7-9-30(10-8-29)36-18-24-54-46-38-26-32(12-14-44(38)56-48(36)46)34-16-22-52-42(28-34)40-6-2-4-20-50-40/h1-28H. The van der Waals surface area contributed by atoms with Crippen molar-refractivity contribution in [3.8, 4) is 67.3 Å². The van der Waals surface area contributed by atoms with Crippen LogP contribution in [0.4, 0.5) is 0 Å². The molecule has 0 aliphatic heterocycles. The van der Waals surface area contributed by atoms with Crippen LogP contribution in [0.1, 0.15) is 0 Å². The van der Waals surface area contributed by atoms with E-state index in [0.717, 1.165) is 111 Å². The first-order valence-electron chi connectivity index (χ1n) is 18.2. The summed E-state index contributed by atoms with van der Waals surface area (Å²) in [4.78, 5) is 27.6. The molecule has 0 saturated heterocycles. The molecule has 0 atom stereocenters. The molecule has 11 aromatic rings. The van der Waals surface area contributed by atoms with Crippen LogP contribution >= 0.6 is 0 Å². The van der Waals surface area contributed by atoms with Gasteiger partial charge in [-0.3, -0.25) is 29.9 Å². The fraction of sp³-hybridized carbons (Fsp3) is 0. The smallest absolute Gasteiger partial charge is 0.161 e. The van der Waals surface area contributed by atoms with E-state index in [1.54, 1.807) is 12.4 Å². The van der Waals surface area contributed by atoms with Crippen LogP contribution in [0.5, 0.6) is 0 Å². The van der Waals surface area contributed by atoms with Gasteiger partial charge in [-0.1, -0.05) is 48.5 Å². The van der Waals surface area contributed by atoms with Crippen molar-refractivity contribution < 1.29 is 8.83 Å². The molecule has 0 aliphatic rings. The molecule has 8 heterocycles. The third-order valence-electron chi connectivity index (χ3n) is 10.3. The van der Waals surface area contributed by atoms with Crippen molar-refractivity contribution in [2.45, 2.75) is 0 Å². The predicted molar refractivity (Wildman–Crippen MR) is 220 cm³/mol. The molecule has 0 saturated carbocycles. The number of hydrogen-bond acceptors (Lipinski definition) is 8. The Morgan fingerprint density at radius 1 is 0.304 bits per heavy atom. The second-order valence-electron chi connectivity index (χ2n) is 13.6. The van der Waals surface area contributed by atoms with Crippen molar-refractivity contribution in [3.05, 3.63) is 171 Å². The quantitative estimate of drug-likeness (QED) is 0.167. The summed E-state index contributed by atoms with van der Waals surface area (Å²) in [5, 5.41) is 1.91. The van der Waals surface area contributed by atoms with Crippen molar-refractivity contribution >= 4 is 44.1 Å². The van der Waals surface area contributed by atoms with Crippen LogP contribution in [0, 0.1) is 0 Å². The molecule has 3 aromatic carbocycles. The lowest BCUT2D eigenvalue weighted by Crippen LogP contribution is -1.87. The third-order valence-corrected chi connectivity index (χ3v) is 10.3. The second-order valence-corrected chi connectivity index (χ2v) is 13.6. The van der Waals surface area contributed by atoms with Crippen LogP contribution in [0.2, 0.25) is 0 Å². The molecule has 0 unspecified atom stereocenters. The molecule has 0 fully saturated rings. The van der Waals surface area contributed by atoms with E-state index in [4.69, 9.17) is 18.8 Å². The van der Waals surface area contributed by atoms with Crippen LogP contribution in [-0.2, 0) is 0 Å². The molecular weight excluding hydrogens is 693 g/mol. The van der Waals surface area contributed by atoms with E-state index in [0.29, 0.717) is 0 Å². The summed E-state index contributed by atoms with van der Waals surface area (Å²) in [6.45, 7) is 0. The minimum atomic E-state index is 0.747. The maximum atomic E-state index is 6.48. The fourth-order valence-corrected chi connectivity index (χ4v) is 7.49. The lowest BCUT2D eigenvalue weighted by atomic mass is 9.99. The molecule has 8 nitrogen and oxygen atoms in total. The van der Waals surface area contributed by atoms with Gasteiger partial charge in [0.05, 0.1) is 22.8 Å². The van der Waals surface area contributed by atoms with Crippen LogP contribution in [0.3, 0.4) is 0 Å². The van der Waals surface area contributed by atoms with E-state index in [2.05, 4.69) is 80.6 Å². The van der Waals surface area contributed by atoms with Gasteiger partial charge in [0.1, 0.15) is 22.2 Å². The number of rotatable bonds is 6. The Hall–Kier alpha value is -7.84. The first-order chi connectivity index (χ1) is 27.7. The van der Waals surface area contributed by atoms with Gasteiger partial charge < -0.3 is 8.83 Å². The number of hydrogen-bond donors (Lipinski definition) is 0. The Labute approximate surface area is 319 Å². The predicted octanol–water partition coefficient (Wildman–Crippen LogP) is 11.9. The molecule has 0 amide bonds. The molecule has 262 valence electrons. The zero-order valence-corrected chi connectivity index (χ0v) is 29.7. The van der Waals surface area contributed by atoms with E-state index in [9.17, 15) is 0 Å². The molecule has 8 heteroatoms. The van der Waals surface area contributed by atoms with Gasteiger partial charge in [-0.05, 0) is 118 Å². The SMILES string of the molecule is c1ccc(-c2cc(-c3ccc4oc5c(-c6ccc(-c7ccnc8c7oc7ccc(-c9ccnc(-c%10ccccn%10)c9)cc78)cc6)ccnc5c4c3)ccn2)nc1. The fourth-order valence-electron chi connectivity index (χ4n) is 7.49. The highest BCUT2D eigenvalue weighted by atomic mass is 16.3. The maximum Gasteiger partial charge on any atom is 0.161 e. The zero-order valence-electron chi connectivity index (χ0n) is 29.7. The average molecular weight is 721 g/mol. The van der Waals surface area contributed by atoms with Gasteiger partial charge in [0.2, 0.25) is 0 Å². The van der Waals surface area contributed by atoms with Gasteiger partial charge in [0.25, 0.3) is 0 Å². The molecule has 0 N–H and O–H groups in total. The van der Waals surface area contributed by atoms with Gasteiger partial charge in [0.15, 0.2) is 11.2 Å². The Kier molecular flexibility index (Phi) is 7.31. The largest absolute Gasteiger partial charge is 0.454 e. The van der Waals surface area contributed by atoms with Crippen molar-refractivity contribution in [1.29, 1.82) is 0 Å². The van der Waals surface area contributed by atoms with Gasteiger partial charge >= 0.3 is 0 Å². The molecule has 56 heavy (non-hydrogen) atoms. The van der Waals surface area contributed by atoms with Crippen LogP contribution < -0.4 is 0 Å². The second kappa shape index (κ2) is 12.9.